The second kappa shape index (κ2) is 27.4. The van der Waals surface area contributed by atoms with Gasteiger partial charge in [-0.1, -0.05) is 0 Å². The third-order valence-corrected chi connectivity index (χ3v) is 33.9. The monoisotopic (exact) mass is 1430 g/mol. The Morgan fingerprint density at radius 2 is 0.809 bits per heavy atom. The molecule has 20 fully saturated rings. The number of aromatic nitrogens is 1. The molecule has 94 heavy (non-hydrogen) atoms. The predicted molar refractivity (Wildman–Crippen MR) is 401 cm³/mol. The van der Waals surface area contributed by atoms with E-state index in [0.29, 0.717) is 33.7 Å². The fourth-order valence-corrected chi connectivity index (χ4v) is 31.1. The molecule has 5 aromatic rings. The molecule has 0 aromatic carbocycles. The minimum Gasteiger partial charge on any atom is -0.496 e. The van der Waals surface area contributed by atoms with Gasteiger partial charge in [0.1, 0.15) is 5.75 Å². The molecule has 5 N–H and O–H groups in total. The first-order valence-electron chi connectivity index (χ1n) is 38.5. The Labute approximate surface area is 595 Å². The molecule has 25 rings (SSSR count). The Hall–Kier alpha value is -1.49. The molecule has 0 aliphatic heterocycles. The summed E-state index contributed by atoms with van der Waals surface area (Å²) in [5.74, 6) is 16.6. The van der Waals surface area contributed by atoms with Crippen molar-refractivity contribution < 1.29 is 4.74 Å². The van der Waals surface area contributed by atoms with Gasteiger partial charge < -0.3 is 31.3 Å². The van der Waals surface area contributed by atoms with Crippen LogP contribution in [0.1, 0.15) is 256 Å². The SMILES string of the molecule is Brc1nc(CNC23CC4CC(CC(C4)C2)C3)cs1.COc1cc(C)sc1CNC12CC3CC(CC(C3)C1)C2.Cc1cc(CNC23CC4CC(CC(C4)C2)C3)sc1C.Cc1ccc(C(C)NC23CC4CC(CC(C4)C2)C3)s1.Cc1ccc(CNC23CC4CC(CC(C4)C2)C3)s1. The van der Waals surface area contributed by atoms with Crippen LogP contribution in [0.15, 0.2) is 45.7 Å². The number of halogens is 1. The molecule has 1 atom stereocenters. The fourth-order valence-electron chi connectivity index (χ4n) is 26.4. The van der Waals surface area contributed by atoms with Gasteiger partial charge in [-0.25, -0.2) is 4.98 Å². The summed E-state index contributed by atoms with van der Waals surface area (Å²) in [4.78, 5) is 16.2. The zero-order valence-electron chi connectivity index (χ0n) is 58.6. The van der Waals surface area contributed by atoms with Crippen LogP contribution in [0, 0.1) is 123 Å². The van der Waals surface area contributed by atoms with Crippen LogP contribution in [0.5, 0.6) is 5.75 Å². The van der Waals surface area contributed by atoms with E-state index in [4.69, 9.17) is 4.74 Å². The van der Waals surface area contributed by atoms with Gasteiger partial charge in [-0.05, 0) is 381 Å². The van der Waals surface area contributed by atoms with E-state index in [1.54, 1.807) is 18.4 Å². The van der Waals surface area contributed by atoms with Crippen molar-refractivity contribution in [2.75, 3.05) is 7.11 Å². The minimum atomic E-state index is 0.456. The van der Waals surface area contributed by atoms with Crippen molar-refractivity contribution in [2.45, 2.75) is 294 Å². The molecule has 13 heteroatoms. The zero-order valence-corrected chi connectivity index (χ0v) is 64.3. The molecular formula is C81H117BrN6OS5. The molecule has 0 spiro atoms. The molecule has 5 aromatic heterocycles. The summed E-state index contributed by atoms with van der Waals surface area (Å²) in [5.41, 5.74) is 5.11. The fraction of sp³-hybridized carbons (Fsp3) is 0.765. The predicted octanol–water partition coefficient (Wildman–Crippen LogP) is 21.3. The van der Waals surface area contributed by atoms with Gasteiger partial charge in [0.25, 0.3) is 0 Å². The van der Waals surface area contributed by atoms with Crippen LogP contribution in [0.4, 0.5) is 0 Å². The minimum absolute atomic E-state index is 0.456. The number of methoxy groups -OCH3 is 1. The maximum atomic E-state index is 5.51. The van der Waals surface area contributed by atoms with Crippen LogP contribution in [0.25, 0.3) is 0 Å². The topological polar surface area (TPSA) is 82.3 Å². The summed E-state index contributed by atoms with van der Waals surface area (Å²) in [7, 11) is 1.79. The average molecular weight is 1430 g/mol. The lowest BCUT2D eigenvalue weighted by atomic mass is 9.53. The number of nitrogens with one attached hydrogen (secondary N) is 5. The highest BCUT2D eigenvalue weighted by molar-refractivity contribution is 9.11. The maximum absolute atomic E-state index is 5.51. The molecule has 0 amide bonds. The molecular weight excluding hydrogens is 1310 g/mol. The van der Waals surface area contributed by atoms with E-state index in [2.05, 4.69) is 131 Å². The van der Waals surface area contributed by atoms with Crippen LogP contribution in [-0.4, -0.2) is 39.8 Å². The molecule has 20 saturated carbocycles. The van der Waals surface area contributed by atoms with Crippen molar-refractivity contribution in [1.82, 2.24) is 31.6 Å². The van der Waals surface area contributed by atoms with E-state index in [-0.39, 0.29) is 0 Å². The first-order valence-corrected chi connectivity index (χ1v) is 43.4. The summed E-state index contributed by atoms with van der Waals surface area (Å²) in [5, 5.41) is 22.0. The second-order valence-electron chi connectivity index (χ2n) is 36.1. The third kappa shape index (κ3) is 15.0. The van der Waals surface area contributed by atoms with Crippen LogP contribution in [0.3, 0.4) is 0 Å². The van der Waals surface area contributed by atoms with Crippen molar-refractivity contribution in [3.8, 4) is 5.75 Å². The lowest BCUT2D eigenvalue weighted by molar-refractivity contribution is -0.0243. The Bertz CT molecular complexity index is 3120. The summed E-state index contributed by atoms with van der Waals surface area (Å²) in [6.07, 6.45) is 44.6. The molecule has 5 heterocycles. The van der Waals surface area contributed by atoms with Gasteiger partial charge in [0.2, 0.25) is 0 Å². The highest BCUT2D eigenvalue weighted by atomic mass is 79.9. The Morgan fingerprint density at radius 3 is 1.15 bits per heavy atom. The number of thiophene rings is 4. The van der Waals surface area contributed by atoms with Crippen molar-refractivity contribution >= 4 is 72.6 Å². The molecule has 20 aliphatic carbocycles. The zero-order chi connectivity index (χ0) is 64.1. The summed E-state index contributed by atoms with van der Waals surface area (Å²) >= 11 is 12.9. The highest BCUT2D eigenvalue weighted by Crippen LogP contribution is 2.61. The quantitative estimate of drug-likeness (QED) is 0.0673. The Balaban J connectivity index is 0.0000000930. The van der Waals surface area contributed by atoms with Crippen molar-refractivity contribution in [2.24, 2.45) is 88.8 Å². The largest absolute Gasteiger partial charge is 0.496 e. The molecule has 514 valence electrons. The van der Waals surface area contributed by atoms with Gasteiger partial charge >= 0.3 is 0 Å². The summed E-state index contributed by atoms with van der Waals surface area (Å²) < 4.78 is 6.51. The third-order valence-electron chi connectivity index (χ3n) is 28.1. The van der Waals surface area contributed by atoms with Crippen LogP contribution >= 0.6 is 72.6 Å². The highest BCUT2D eigenvalue weighted by Gasteiger charge is 2.55. The standard InChI is InChI=1S/C17H25NOS.2C17H25NS.C16H23NS.C14H19BrN2S/c1-11-3-15(19-2)16(20-11)10-18-17-7-12-4-13(8-17)6-14(5-12)9-17;1-11-3-16(19-12(11)2)10-18-17-7-13-4-14(8-17)6-15(5-13)9-17;1-11-3-4-16(19-11)12(2)18-17-8-13-5-14(9-17)7-15(6-13)10-17;1-11-2-3-15(18-11)10-17-16-7-12-4-13(8-16)6-14(5-12)9-16;15-13-17-12(8-18-13)7-16-14-4-9-1-10(5-14)3-11(2-9)6-14/h3,12-14,18H,4-10H2,1-2H3;3,13-15,18H,4-10H2,1-2H3;3-4,12-15,18H,5-10H2,1-2H3;2-3,12-14,17H,4-10H2,1H3;8-11,16H,1-7H2. The number of thiazole rings is 1. The molecule has 20 bridgehead atoms. The lowest BCUT2D eigenvalue weighted by Gasteiger charge is -2.57. The number of hydrogen-bond donors (Lipinski definition) is 5. The number of nitrogens with zero attached hydrogens (tertiary/aromatic N) is 1. The molecule has 0 radical (unpaired) electrons. The van der Waals surface area contributed by atoms with Gasteiger partial charge in [-0.15, -0.1) is 56.7 Å². The van der Waals surface area contributed by atoms with Crippen LogP contribution in [-0.2, 0) is 26.2 Å². The number of ether oxygens (including phenoxy) is 1. The van der Waals surface area contributed by atoms with E-state index in [1.165, 1.54) is 243 Å². The molecule has 7 nitrogen and oxygen atoms in total. The van der Waals surface area contributed by atoms with E-state index < -0.39 is 0 Å². The van der Waals surface area contributed by atoms with Gasteiger partial charge in [-0.3, -0.25) is 0 Å². The van der Waals surface area contributed by atoms with Gasteiger partial charge in [0, 0.05) is 99.4 Å². The van der Waals surface area contributed by atoms with E-state index in [1.807, 2.05) is 45.3 Å². The van der Waals surface area contributed by atoms with Crippen LogP contribution < -0.4 is 31.3 Å². The van der Waals surface area contributed by atoms with Gasteiger partial charge in [-0.2, -0.15) is 0 Å². The number of aryl methyl sites for hydroxylation is 5. The first-order chi connectivity index (χ1) is 45.3. The van der Waals surface area contributed by atoms with Crippen molar-refractivity contribution in [3.63, 3.8) is 0 Å². The van der Waals surface area contributed by atoms with E-state index in [0.717, 1.165) is 125 Å². The van der Waals surface area contributed by atoms with Crippen molar-refractivity contribution in [1.29, 1.82) is 0 Å². The van der Waals surface area contributed by atoms with Gasteiger partial charge in [0.05, 0.1) is 17.7 Å². The second-order valence-corrected chi connectivity index (χ2v) is 43.6. The normalized spacial score (nSPS) is 40.6. The Morgan fingerprint density at radius 1 is 0.436 bits per heavy atom. The molecule has 1 unspecified atom stereocenters. The average Bonchev–Trinajstić information content (AvgIpc) is 0.811. The van der Waals surface area contributed by atoms with E-state index >= 15 is 0 Å². The summed E-state index contributed by atoms with van der Waals surface area (Å²) in [6, 6.07) is 14.2. The maximum Gasteiger partial charge on any atom is 0.159 e. The van der Waals surface area contributed by atoms with Gasteiger partial charge in [0.15, 0.2) is 3.92 Å². The van der Waals surface area contributed by atoms with E-state index in [9.17, 15) is 0 Å². The smallest absolute Gasteiger partial charge is 0.159 e. The molecule has 20 aliphatic rings. The number of rotatable bonds is 16. The van der Waals surface area contributed by atoms with Crippen molar-refractivity contribution in [3.05, 3.63) is 96.0 Å². The van der Waals surface area contributed by atoms with Crippen LogP contribution in [0.2, 0.25) is 0 Å². The Kier molecular flexibility index (Phi) is 19.5. The number of hydrogen-bond acceptors (Lipinski definition) is 12. The lowest BCUT2D eigenvalue weighted by Crippen LogP contribution is -2.58. The first kappa shape index (κ1) is 67.0. The summed E-state index contributed by atoms with van der Waals surface area (Å²) in [6.45, 7) is 17.6. The molecule has 0 saturated heterocycles.